The van der Waals surface area contributed by atoms with Crippen LogP contribution in [0.1, 0.15) is 31.4 Å². The molecule has 0 heterocycles. The largest absolute Gasteiger partial charge is 0.316 e. The summed E-state index contributed by atoms with van der Waals surface area (Å²) in [4.78, 5) is 0.0468. The second kappa shape index (κ2) is 6.65. The average Bonchev–Trinajstić information content (AvgIpc) is 2.40. The summed E-state index contributed by atoms with van der Waals surface area (Å²) in [6, 6.07) is 2.78. The van der Waals surface area contributed by atoms with Gasteiger partial charge in [0.15, 0.2) is 0 Å². The molecule has 6 heteroatoms. The highest BCUT2D eigenvalue weighted by Crippen LogP contribution is 2.25. The van der Waals surface area contributed by atoms with Gasteiger partial charge in [0.25, 0.3) is 0 Å². The van der Waals surface area contributed by atoms with Crippen molar-refractivity contribution in [2.24, 2.45) is 0 Å². The van der Waals surface area contributed by atoms with Crippen LogP contribution in [0.25, 0.3) is 0 Å². The molecule has 4 nitrogen and oxygen atoms in total. The minimum atomic E-state index is -3.68. The lowest BCUT2D eigenvalue weighted by Gasteiger charge is -2.24. The number of hydrogen-bond acceptors (Lipinski definition) is 3. The van der Waals surface area contributed by atoms with Gasteiger partial charge in [-0.25, -0.2) is 12.8 Å². The van der Waals surface area contributed by atoms with E-state index in [0.29, 0.717) is 18.5 Å². The third-order valence-electron chi connectivity index (χ3n) is 3.61. The zero-order chi connectivity index (χ0) is 15.5. The fourth-order valence-corrected chi connectivity index (χ4v) is 3.65. The summed E-state index contributed by atoms with van der Waals surface area (Å²) in [6.45, 7) is 5.67. The third kappa shape index (κ3) is 3.37. The number of nitrogens with one attached hydrogen (secondary N) is 1. The molecule has 0 aliphatic heterocycles. The fourth-order valence-electron chi connectivity index (χ4n) is 1.93. The molecule has 1 aromatic rings. The van der Waals surface area contributed by atoms with E-state index in [1.807, 2.05) is 13.8 Å². The van der Waals surface area contributed by atoms with Gasteiger partial charge in [-0.05, 0) is 45.0 Å². The maximum absolute atomic E-state index is 13.9. The predicted octanol–water partition coefficient (Wildman–Crippen LogP) is 2.27. The van der Waals surface area contributed by atoms with Gasteiger partial charge in [-0.1, -0.05) is 6.92 Å². The fraction of sp³-hybridized carbons (Fsp3) is 0.571. The van der Waals surface area contributed by atoms with Crippen molar-refractivity contribution in [3.63, 3.8) is 0 Å². The van der Waals surface area contributed by atoms with Crippen LogP contribution in [0.15, 0.2) is 17.0 Å². The third-order valence-corrected chi connectivity index (χ3v) is 5.70. The zero-order valence-electron chi connectivity index (χ0n) is 12.7. The van der Waals surface area contributed by atoms with Crippen molar-refractivity contribution in [2.45, 2.75) is 44.7 Å². The summed E-state index contributed by atoms with van der Waals surface area (Å²) in [5.41, 5.74) is 0.784. The van der Waals surface area contributed by atoms with Crippen LogP contribution in [0.3, 0.4) is 0 Å². The van der Waals surface area contributed by atoms with Crippen molar-refractivity contribution in [3.8, 4) is 0 Å². The van der Waals surface area contributed by atoms with E-state index in [0.717, 1.165) is 0 Å². The quantitative estimate of drug-likeness (QED) is 0.877. The van der Waals surface area contributed by atoms with Gasteiger partial charge in [0, 0.05) is 25.2 Å². The molecule has 1 N–H and O–H groups in total. The molecule has 1 unspecified atom stereocenters. The van der Waals surface area contributed by atoms with Gasteiger partial charge in [-0.2, -0.15) is 4.31 Å². The SMILES string of the molecule is CCC(C)N(C)S(=O)(=O)c1cc(CNC)cc(F)c1C. The van der Waals surface area contributed by atoms with Crippen molar-refractivity contribution < 1.29 is 12.8 Å². The molecule has 0 radical (unpaired) electrons. The molecule has 0 saturated carbocycles. The normalized spacial score (nSPS) is 13.8. The molecule has 0 aliphatic carbocycles. The molecule has 0 amide bonds. The molecule has 0 spiro atoms. The second-order valence-electron chi connectivity index (χ2n) is 5.01. The summed E-state index contributed by atoms with van der Waals surface area (Å²) in [7, 11) is -0.412. The zero-order valence-corrected chi connectivity index (χ0v) is 13.5. The van der Waals surface area contributed by atoms with Gasteiger partial charge >= 0.3 is 0 Å². The van der Waals surface area contributed by atoms with Crippen LogP contribution in [-0.4, -0.2) is 32.9 Å². The number of halogens is 1. The van der Waals surface area contributed by atoms with Crippen LogP contribution in [0.5, 0.6) is 0 Å². The molecule has 1 aromatic carbocycles. The second-order valence-corrected chi connectivity index (χ2v) is 6.98. The van der Waals surface area contributed by atoms with Gasteiger partial charge in [-0.15, -0.1) is 0 Å². The Balaban J connectivity index is 3.37. The highest BCUT2D eigenvalue weighted by molar-refractivity contribution is 7.89. The number of sulfonamides is 1. The van der Waals surface area contributed by atoms with E-state index in [9.17, 15) is 12.8 Å². The summed E-state index contributed by atoms with van der Waals surface area (Å²) >= 11 is 0. The average molecular weight is 302 g/mol. The van der Waals surface area contributed by atoms with Crippen LogP contribution in [0.2, 0.25) is 0 Å². The lowest BCUT2D eigenvalue weighted by atomic mass is 10.1. The molecule has 20 heavy (non-hydrogen) atoms. The standard InChI is InChI=1S/C14H23FN2O2S/c1-6-10(2)17(5)20(18,19)14-8-12(9-16-4)7-13(15)11(14)3/h7-8,10,16H,6,9H2,1-5H3. The lowest BCUT2D eigenvalue weighted by Crippen LogP contribution is -2.35. The monoisotopic (exact) mass is 302 g/mol. The molecule has 1 atom stereocenters. The van der Waals surface area contributed by atoms with Crippen molar-refractivity contribution >= 4 is 10.0 Å². The smallest absolute Gasteiger partial charge is 0.243 e. The highest BCUT2D eigenvalue weighted by Gasteiger charge is 2.27. The van der Waals surface area contributed by atoms with Crippen LogP contribution in [0, 0.1) is 12.7 Å². The van der Waals surface area contributed by atoms with E-state index < -0.39 is 15.8 Å². The van der Waals surface area contributed by atoms with Crippen LogP contribution in [-0.2, 0) is 16.6 Å². The molecule has 0 aromatic heterocycles. The molecule has 114 valence electrons. The summed E-state index contributed by atoms with van der Waals surface area (Å²) in [5, 5.41) is 2.90. The first-order valence-electron chi connectivity index (χ1n) is 6.67. The van der Waals surface area contributed by atoms with Crippen molar-refractivity contribution in [2.75, 3.05) is 14.1 Å². The molecular weight excluding hydrogens is 279 g/mol. The van der Waals surface area contributed by atoms with E-state index in [1.54, 1.807) is 13.1 Å². The molecular formula is C14H23FN2O2S. The van der Waals surface area contributed by atoms with E-state index >= 15 is 0 Å². The number of benzene rings is 1. The number of rotatable bonds is 6. The Morgan fingerprint density at radius 3 is 2.50 bits per heavy atom. The minimum absolute atomic E-state index is 0.0468. The van der Waals surface area contributed by atoms with Gasteiger partial charge in [0.2, 0.25) is 10.0 Å². The van der Waals surface area contributed by atoms with E-state index in [2.05, 4.69) is 5.32 Å². The maximum Gasteiger partial charge on any atom is 0.243 e. The summed E-state index contributed by atoms with van der Waals surface area (Å²) in [6.07, 6.45) is 0.702. The Hall–Kier alpha value is -0.980. The van der Waals surface area contributed by atoms with Gasteiger partial charge in [0.1, 0.15) is 5.82 Å². The van der Waals surface area contributed by atoms with Crippen molar-refractivity contribution in [1.29, 1.82) is 0 Å². The van der Waals surface area contributed by atoms with Crippen LogP contribution in [0.4, 0.5) is 4.39 Å². The Bertz CT molecular complexity index is 573. The van der Waals surface area contributed by atoms with Gasteiger partial charge in [0.05, 0.1) is 4.90 Å². The van der Waals surface area contributed by atoms with Gasteiger partial charge in [-0.3, -0.25) is 0 Å². The first-order valence-corrected chi connectivity index (χ1v) is 8.11. The van der Waals surface area contributed by atoms with E-state index in [1.165, 1.54) is 24.3 Å². The maximum atomic E-state index is 13.9. The predicted molar refractivity (Wildman–Crippen MR) is 78.6 cm³/mol. The van der Waals surface area contributed by atoms with Crippen LogP contribution < -0.4 is 5.32 Å². The van der Waals surface area contributed by atoms with E-state index in [4.69, 9.17) is 0 Å². The summed E-state index contributed by atoms with van der Waals surface area (Å²) < 4.78 is 40.4. The summed E-state index contributed by atoms with van der Waals surface area (Å²) in [5.74, 6) is -0.492. The lowest BCUT2D eigenvalue weighted by molar-refractivity contribution is 0.380. The Morgan fingerprint density at radius 1 is 1.40 bits per heavy atom. The van der Waals surface area contributed by atoms with Crippen molar-refractivity contribution in [3.05, 3.63) is 29.1 Å². The van der Waals surface area contributed by atoms with Gasteiger partial charge < -0.3 is 5.32 Å². The first kappa shape index (κ1) is 17.1. The van der Waals surface area contributed by atoms with Crippen molar-refractivity contribution in [1.82, 2.24) is 9.62 Å². The molecule has 0 saturated heterocycles. The first-order chi connectivity index (χ1) is 9.25. The number of nitrogens with zero attached hydrogens (tertiary/aromatic N) is 1. The molecule has 0 fully saturated rings. The molecule has 1 rings (SSSR count). The Morgan fingerprint density at radius 2 is 2.00 bits per heavy atom. The minimum Gasteiger partial charge on any atom is -0.316 e. The molecule has 0 bridgehead atoms. The molecule has 0 aliphatic rings. The number of hydrogen-bond donors (Lipinski definition) is 1. The van der Waals surface area contributed by atoms with Crippen LogP contribution >= 0.6 is 0 Å². The Kier molecular flexibility index (Phi) is 5.68. The van der Waals surface area contributed by atoms with E-state index in [-0.39, 0.29) is 16.5 Å². The highest BCUT2D eigenvalue weighted by atomic mass is 32.2. The Labute approximate surface area is 121 Å². The topological polar surface area (TPSA) is 49.4 Å².